The van der Waals surface area contributed by atoms with Crippen molar-refractivity contribution in [3.8, 4) is 5.75 Å². The van der Waals surface area contributed by atoms with Gasteiger partial charge in [-0.15, -0.1) is 4.91 Å². The lowest BCUT2D eigenvalue weighted by molar-refractivity contribution is -0.173. The van der Waals surface area contributed by atoms with Crippen molar-refractivity contribution in [3.05, 3.63) is 113 Å². The smallest absolute Gasteiger partial charge is 0.333 e. The number of aryl methyl sites for hydroxylation is 1. The average molecular weight is 693 g/mol. The Hall–Kier alpha value is -4.69. The molecule has 0 saturated carbocycles. The normalized spacial score (nSPS) is 21.0. The van der Waals surface area contributed by atoms with Crippen LogP contribution in [0.1, 0.15) is 43.5 Å². The number of amides is 2. The fourth-order valence-electron chi connectivity index (χ4n) is 5.95. The number of likely N-dealkylation sites (tertiary alicyclic amines) is 1. The molecular weight excluding hydrogens is 657 g/mol. The molecule has 3 aromatic carbocycles. The summed E-state index contributed by atoms with van der Waals surface area (Å²) in [5.74, 6) is -1.53. The summed E-state index contributed by atoms with van der Waals surface area (Å²) in [7, 11) is -2.18. The Labute approximate surface area is 282 Å². The molecule has 48 heavy (non-hydrogen) atoms. The topological polar surface area (TPSA) is 143 Å². The zero-order chi connectivity index (χ0) is 35.0. The number of ether oxygens (including phenoxy) is 2. The molecule has 0 radical (unpaired) electrons. The highest BCUT2D eigenvalue weighted by atomic mass is 33.1. The Kier molecular flexibility index (Phi) is 9.70. The highest BCUT2D eigenvalue weighted by Gasteiger charge is 2.65. The van der Waals surface area contributed by atoms with E-state index in [0.717, 1.165) is 15.5 Å². The van der Waals surface area contributed by atoms with E-state index in [2.05, 4.69) is 11.9 Å². The monoisotopic (exact) mass is 692 g/mol. The maximum absolute atomic E-state index is 14.2. The van der Waals surface area contributed by atoms with Crippen molar-refractivity contribution in [2.24, 2.45) is 5.29 Å². The molecule has 3 aromatic rings. The van der Waals surface area contributed by atoms with Gasteiger partial charge in [0.25, 0.3) is 11.8 Å². The molecule has 2 aliphatic heterocycles. The van der Waals surface area contributed by atoms with Crippen LogP contribution in [0.5, 0.6) is 5.75 Å². The van der Waals surface area contributed by atoms with E-state index >= 15 is 0 Å². The Morgan fingerprint density at radius 3 is 2.19 bits per heavy atom. The molecule has 252 valence electrons. The molecule has 2 heterocycles. The van der Waals surface area contributed by atoms with Crippen molar-refractivity contribution in [1.82, 2.24) is 14.8 Å². The predicted octanol–water partition coefficient (Wildman–Crippen LogP) is 4.95. The van der Waals surface area contributed by atoms with Crippen LogP contribution in [0.2, 0.25) is 0 Å². The first-order chi connectivity index (χ1) is 22.7. The summed E-state index contributed by atoms with van der Waals surface area (Å²) in [6.07, 6.45) is 0. The molecule has 4 atom stereocenters. The molecule has 2 saturated heterocycles. The van der Waals surface area contributed by atoms with Crippen LogP contribution < -0.4 is 4.74 Å². The number of β-lactam (4-membered cyclic amide) rings is 1. The fourth-order valence-corrected chi connectivity index (χ4v) is 9.50. The third-order valence-electron chi connectivity index (χ3n) is 8.44. The first-order valence-electron chi connectivity index (χ1n) is 15.0. The van der Waals surface area contributed by atoms with E-state index in [0.29, 0.717) is 27.7 Å². The third kappa shape index (κ3) is 6.29. The number of methoxy groups -OCH3 is 1. The van der Waals surface area contributed by atoms with Crippen LogP contribution >= 0.6 is 10.8 Å². The van der Waals surface area contributed by atoms with Crippen LogP contribution in [0.4, 0.5) is 0 Å². The Bertz CT molecular complexity index is 1830. The zero-order valence-electron chi connectivity index (χ0n) is 27.1. The van der Waals surface area contributed by atoms with Gasteiger partial charge in [0, 0.05) is 10.8 Å². The quantitative estimate of drug-likeness (QED) is 0.0841. The van der Waals surface area contributed by atoms with E-state index in [9.17, 15) is 27.7 Å². The van der Waals surface area contributed by atoms with E-state index in [1.807, 2.05) is 6.92 Å². The second-order valence-corrected chi connectivity index (χ2v) is 16.0. The van der Waals surface area contributed by atoms with Crippen molar-refractivity contribution in [2.45, 2.75) is 68.4 Å². The van der Waals surface area contributed by atoms with Crippen LogP contribution in [-0.4, -0.2) is 71.2 Å². The van der Waals surface area contributed by atoms with Crippen LogP contribution in [0.15, 0.2) is 101 Å². The van der Waals surface area contributed by atoms with Gasteiger partial charge >= 0.3 is 5.97 Å². The lowest BCUT2D eigenvalue weighted by atomic mass is 9.96. The number of carbonyl (C=O) groups is 3. The predicted molar refractivity (Wildman–Crippen MR) is 180 cm³/mol. The molecule has 12 nitrogen and oxygen atoms in total. The Morgan fingerprint density at radius 2 is 1.62 bits per heavy atom. The van der Waals surface area contributed by atoms with Crippen LogP contribution in [0.25, 0.3) is 0 Å². The van der Waals surface area contributed by atoms with Gasteiger partial charge in [-0.05, 0) is 68.7 Å². The zero-order valence-corrected chi connectivity index (χ0v) is 28.7. The maximum Gasteiger partial charge on any atom is 0.333 e. The summed E-state index contributed by atoms with van der Waals surface area (Å²) >= 11 is 0. The molecule has 14 heteroatoms. The minimum Gasteiger partial charge on any atom is -0.497 e. The summed E-state index contributed by atoms with van der Waals surface area (Å²) in [4.78, 5) is 56.5. The molecule has 4 unspecified atom stereocenters. The van der Waals surface area contributed by atoms with Crippen molar-refractivity contribution in [1.29, 1.82) is 0 Å². The molecule has 0 aliphatic carbocycles. The van der Waals surface area contributed by atoms with Crippen LogP contribution in [-0.2, 0) is 34.6 Å². The number of esters is 1. The van der Waals surface area contributed by atoms with E-state index in [1.165, 1.54) is 31.1 Å². The number of hydrogen-bond acceptors (Lipinski definition) is 10. The maximum atomic E-state index is 14.2. The highest BCUT2D eigenvalue weighted by molar-refractivity contribution is 8.72. The summed E-state index contributed by atoms with van der Waals surface area (Å²) < 4.78 is 38.4. The largest absolute Gasteiger partial charge is 0.497 e. The van der Waals surface area contributed by atoms with Gasteiger partial charge in [-0.1, -0.05) is 66.7 Å². The minimum absolute atomic E-state index is 0.0181. The molecule has 2 amide bonds. The van der Waals surface area contributed by atoms with Crippen LogP contribution in [0.3, 0.4) is 0 Å². The third-order valence-corrected chi connectivity index (χ3v) is 12.2. The molecular formula is C34H36N4O8S2. The number of hydrogen-bond donors (Lipinski definition) is 0. The van der Waals surface area contributed by atoms with Gasteiger partial charge in [-0.25, -0.2) is 18.2 Å². The summed E-state index contributed by atoms with van der Waals surface area (Å²) in [5, 5.41) is 2.95. The van der Waals surface area contributed by atoms with Crippen molar-refractivity contribution in [2.75, 3.05) is 7.11 Å². The molecule has 0 spiro atoms. The molecule has 0 N–H and O–H groups in total. The van der Waals surface area contributed by atoms with E-state index in [4.69, 9.17) is 9.47 Å². The van der Waals surface area contributed by atoms with E-state index in [-0.39, 0.29) is 17.1 Å². The number of nitrogens with zero attached hydrogens (tertiary/aromatic N) is 4. The van der Waals surface area contributed by atoms with Gasteiger partial charge in [0.05, 0.1) is 17.3 Å². The minimum atomic E-state index is -4.15. The van der Waals surface area contributed by atoms with Crippen molar-refractivity contribution in [3.63, 3.8) is 0 Å². The van der Waals surface area contributed by atoms with Gasteiger partial charge in [-0.3, -0.25) is 9.59 Å². The Balaban J connectivity index is 1.52. The van der Waals surface area contributed by atoms with Gasteiger partial charge in [0.15, 0.2) is 12.1 Å². The number of rotatable bonds is 12. The SMILES string of the molecule is C=C(C)C(C(=O)OCc1ccc(OC)cc1)N1C(=O)C(N2C(=O)C(c3ccccc3)N(N=O)C2(C)C)C1SS(=O)(=O)c1ccc(C)cc1. The van der Waals surface area contributed by atoms with E-state index in [1.54, 1.807) is 80.6 Å². The lowest BCUT2D eigenvalue weighted by Crippen LogP contribution is -2.75. The number of nitroso groups, excluding NO2 is 1. The number of carbonyl (C=O) groups excluding carboxylic acids is 3. The summed E-state index contributed by atoms with van der Waals surface area (Å²) in [6, 6.07) is 17.6. The molecule has 2 fully saturated rings. The van der Waals surface area contributed by atoms with Gasteiger partial charge < -0.3 is 19.3 Å². The Morgan fingerprint density at radius 1 is 1.00 bits per heavy atom. The molecule has 5 rings (SSSR count). The second kappa shape index (κ2) is 13.4. The van der Waals surface area contributed by atoms with Gasteiger partial charge in [0.1, 0.15) is 29.4 Å². The average Bonchev–Trinajstić information content (AvgIpc) is 3.26. The first kappa shape index (κ1) is 34.6. The summed E-state index contributed by atoms with van der Waals surface area (Å²) in [5.41, 5.74) is 0.747. The number of benzene rings is 3. The fraction of sp³-hybridized carbons (Fsp3) is 0.324. The summed E-state index contributed by atoms with van der Waals surface area (Å²) in [6.45, 7) is 10.2. The lowest BCUT2D eigenvalue weighted by Gasteiger charge is -2.54. The van der Waals surface area contributed by atoms with E-state index < -0.39 is 55.8 Å². The highest BCUT2D eigenvalue weighted by Crippen LogP contribution is 2.49. The van der Waals surface area contributed by atoms with Crippen molar-refractivity contribution < 1.29 is 32.3 Å². The van der Waals surface area contributed by atoms with Crippen LogP contribution in [0, 0.1) is 11.8 Å². The molecule has 0 aromatic heterocycles. The van der Waals surface area contributed by atoms with Crippen molar-refractivity contribution >= 4 is 37.4 Å². The molecule has 2 aliphatic rings. The van der Waals surface area contributed by atoms with Gasteiger partial charge in [0.2, 0.25) is 8.87 Å². The first-order valence-corrected chi connectivity index (χ1v) is 17.9. The molecule has 0 bridgehead atoms. The second-order valence-electron chi connectivity index (χ2n) is 12.1. The van der Waals surface area contributed by atoms with Gasteiger partial charge in [-0.2, -0.15) is 0 Å². The standard InChI is InChI=1S/C34H36N4O8S2/c1-21(2)27(33(41)46-20-23-14-16-25(45-6)17-15-23)36-30(39)29(32(36)47-48(43,44)26-18-12-22(3)13-19-26)37-31(40)28(24-10-8-7-9-11-24)38(35-42)34(37,4)5/h7-19,27-29,32H,1,20H2,2-6H3.